The van der Waals surface area contributed by atoms with Crippen molar-refractivity contribution >= 4 is 29.1 Å². The summed E-state index contributed by atoms with van der Waals surface area (Å²) in [5.74, 6) is -1.49. The smallest absolute Gasteiger partial charge is 0.293 e. The van der Waals surface area contributed by atoms with Crippen molar-refractivity contribution in [1.29, 1.82) is 0 Å². The summed E-state index contributed by atoms with van der Waals surface area (Å²) in [6.07, 6.45) is -4.58. The van der Waals surface area contributed by atoms with Gasteiger partial charge in [0.1, 0.15) is 0 Å². The summed E-state index contributed by atoms with van der Waals surface area (Å²) < 4.78 is 36.8. The molecule has 1 heterocycles. The molecule has 0 saturated carbocycles. The topological polar surface area (TPSA) is 58.6 Å². The second kappa shape index (κ2) is 5.84. The Hall–Kier alpha value is -1.54. The molecule has 0 bridgehead atoms. The van der Waals surface area contributed by atoms with Crippen LogP contribution in [0.5, 0.6) is 0 Å². The zero-order valence-electron chi connectivity index (χ0n) is 9.74. The number of H-pyrrole nitrogens is 1. The minimum Gasteiger partial charge on any atom is -0.293 e. The van der Waals surface area contributed by atoms with E-state index in [0.717, 1.165) is 11.8 Å². The Kier molecular flexibility index (Phi) is 4.34. The highest BCUT2D eigenvalue weighted by molar-refractivity contribution is 7.99. The summed E-state index contributed by atoms with van der Waals surface area (Å²) in [5, 5.41) is 5.55. The minimum absolute atomic E-state index is 0.0587. The molecule has 9 heteroatoms. The third-order valence-corrected chi connectivity index (χ3v) is 3.33. The van der Waals surface area contributed by atoms with Gasteiger partial charge >= 0.3 is 6.18 Å². The Morgan fingerprint density at radius 1 is 1.30 bits per heavy atom. The van der Waals surface area contributed by atoms with Gasteiger partial charge in [0, 0.05) is 10.6 Å². The van der Waals surface area contributed by atoms with E-state index >= 15 is 0 Å². The number of aromatic nitrogens is 3. The maximum atomic E-state index is 12.3. The molecule has 0 spiro atoms. The molecule has 4 nitrogen and oxygen atoms in total. The molecular formula is C11H7ClF3N3OS. The van der Waals surface area contributed by atoms with Crippen LogP contribution < -0.4 is 0 Å². The molecule has 2 rings (SSSR count). The maximum absolute atomic E-state index is 12.3. The van der Waals surface area contributed by atoms with E-state index in [1.165, 1.54) is 0 Å². The molecule has 1 N–H and O–H groups in total. The first-order valence-electron chi connectivity index (χ1n) is 5.27. The molecule has 2 aromatic rings. The first kappa shape index (κ1) is 14.9. The van der Waals surface area contributed by atoms with Gasteiger partial charge in [0.2, 0.25) is 11.0 Å². The van der Waals surface area contributed by atoms with Gasteiger partial charge in [-0.2, -0.15) is 18.2 Å². The van der Waals surface area contributed by atoms with Gasteiger partial charge in [-0.3, -0.25) is 9.89 Å². The quantitative estimate of drug-likeness (QED) is 0.692. The van der Waals surface area contributed by atoms with Gasteiger partial charge in [0.25, 0.3) is 0 Å². The van der Waals surface area contributed by atoms with Crippen molar-refractivity contribution in [2.75, 3.05) is 5.75 Å². The Labute approximate surface area is 120 Å². The zero-order chi connectivity index (χ0) is 14.8. The first-order chi connectivity index (χ1) is 9.36. The van der Waals surface area contributed by atoms with Crippen LogP contribution in [0.25, 0.3) is 0 Å². The summed E-state index contributed by atoms with van der Waals surface area (Å²) in [4.78, 5) is 15.0. The first-order valence-corrected chi connectivity index (χ1v) is 6.64. The van der Waals surface area contributed by atoms with Crippen LogP contribution in [-0.2, 0) is 6.18 Å². The number of nitrogens with one attached hydrogen (secondary N) is 1. The monoisotopic (exact) mass is 321 g/mol. The van der Waals surface area contributed by atoms with Gasteiger partial charge in [-0.05, 0) is 24.3 Å². The third kappa shape index (κ3) is 3.73. The molecule has 0 aliphatic rings. The number of Topliss-reactive ketones (excluding diaryl/α,β-unsaturated/α-hetero) is 1. The molecule has 0 atom stereocenters. The van der Waals surface area contributed by atoms with Crippen LogP contribution >= 0.6 is 23.4 Å². The summed E-state index contributed by atoms with van der Waals surface area (Å²) in [5.41, 5.74) is 0.425. The van der Waals surface area contributed by atoms with Gasteiger partial charge in [0.05, 0.1) is 5.75 Å². The molecule has 0 saturated heterocycles. The highest BCUT2D eigenvalue weighted by Crippen LogP contribution is 2.27. The van der Waals surface area contributed by atoms with E-state index in [2.05, 4.69) is 10.1 Å². The van der Waals surface area contributed by atoms with Crippen molar-refractivity contribution < 1.29 is 18.0 Å². The number of rotatable bonds is 4. The summed E-state index contributed by atoms with van der Waals surface area (Å²) in [6.45, 7) is 0. The molecular weight excluding hydrogens is 315 g/mol. The number of aromatic amines is 1. The number of alkyl halides is 3. The predicted molar refractivity (Wildman–Crippen MR) is 67.9 cm³/mol. The predicted octanol–water partition coefficient (Wildman–Crippen LogP) is 3.45. The number of hydrogen-bond donors (Lipinski definition) is 1. The normalized spacial score (nSPS) is 11.6. The fourth-order valence-corrected chi connectivity index (χ4v) is 2.11. The van der Waals surface area contributed by atoms with Crippen LogP contribution in [0, 0.1) is 0 Å². The van der Waals surface area contributed by atoms with Gasteiger partial charge in [-0.1, -0.05) is 23.4 Å². The Morgan fingerprint density at radius 3 is 2.50 bits per heavy atom. The Bertz CT molecular complexity index is 612. The third-order valence-electron chi connectivity index (χ3n) is 2.23. The number of ketones is 1. The van der Waals surface area contributed by atoms with Crippen molar-refractivity contribution in [2.24, 2.45) is 0 Å². The molecule has 0 amide bonds. The number of hydrogen-bond acceptors (Lipinski definition) is 4. The summed E-state index contributed by atoms with van der Waals surface area (Å²) in [7, 11) is 0. The van der Waals surface area contributed by atoms with Crippen LogP contribution in [0.3, 0.4) is 0 Å². The SMILES string of the molecule is O=C(CSc1n[nH]c(C(F)(F)F)n1)c1ccc(Cl)cc1. The molecule has 1 aromatic heterocycles. The number of halogens is 4. The van der Waals surface area contributed by atoms with Gasteiger partial charge in [-0.15, -0.1) is 5.10 Å². The molecule has 0 fully saturated rings. The van der Waals surface area contributed by atoms with Crippen LogP contribution in [0.15, 0.2) is 29.4 Å². The minimum atomic E-state index is -4.58. The number of carbonyl (C=O) groups is 1. The lowest BCUT2D eigenvalue weighted by molar-refractivity contribution is -0.144. The van der Waals surface area contributed by atoms with E-state index in [1.54, 1.807) is 29.4 Å². The number of nitrogens with zero attached hydrogens (tertiary/aromatic N) is 2. The molecule has 0 unspecified atom stereocenters. The average Bonchev–Trinajstić information content (AvgIpc) is 2.85. The van der Waals surface area contributed by atoms with Crippen molar-refractivity contribution in [3.8, 4) is 0 Å². The largest absolute Gasteiger partial charge is 0.451 e. The van der Waals surface area contributed by atoms with Crippen molar-refractivity contribution in [2.45, 2.75) is 11.3 Å². The number of carbonyl (C=O) groups excluding carboxylic acids is 1. The molecule has 0 aliphatic heterocycles. The Balaban J connectivity index is 1.97. The van der Waals surface area contributed by atoms with Crippen LogP contribution in [0.2, 0.25) is 5.02 Å². The summed E-state index contributed by atoms with van der Waals surface area (Å²) in [6, 6.07) is 6.22. The van der Waals surface area contributed by atoms with Gasteiger partial charge in [0.15, 0.2) is 5.78 Å². The number of thioether (sulfide) groups is 1. The lowest BCUT2D eigenvalue weighted by Crippen LogP contribution is -2.07. The van der Waals surface area contributed by atoms with Crippen molar-refractivity contribution in [1.82, 2.24) is 15.2 Å². The highest BCUT2D eigenvalue weighted by atomic mass is 35.5. The average molecular weight is 322 g/mol. The molecule has 0 aliphatic carbocycles. The van der Waals surface area contributed by atoms with E-state index in [-0.39, 0.29) is 16.7 Å². The second-order valence-electron chi connectivity index (χ2n) is 3.68. The summed E-state index contributed by atoms with van der Waals surface area (Å²) >= 11 is 6.52. The standard InChI is InChI=1S/C11H7ClF3N3OS/c12-7-3-1-6(2-4-7)8(19)5-20-10-16-9(17-18-10)11(13,14)15/h1-4H,5H2,(H,16,17,18). The van der Waals surface area contributed by atoms with E-state index in [0.29, 0.717) is 10.6 Å². The lowest BCUT2D eigenvalue weighted by atomic mass is 10.1. The van der Waals surface area contributed by atoms with Crippen LogP contribution in [-0.4, -0.2) is 26.7 Å². The van der Waals surface area contributed by atoms with E-state index in [1.807, 2.05) is 0 Å². The molecule has 1 aromatic carbocycles. The fraction of sp³-hybridized carbons (Fsp3) is 0.182. The van der Waals surface area contributed by atoms with Crippen molar-refractivity contribution in [3.05, 3.63) is 40.7 Å². The molecule has 20 heavy (non-hydrogen) atoms. The van der Waals surface area contributed by atoms with Crippen LogP contribution in [0.4, 0.5) is 13.2 Å². The van der Waals surface area contributed by atoms with Gasteiger partial charge < -0.3 is 0 Å². The maximum Gasteiger partial charge on any atom is 0.451 e. The molecule has 0 radical (unpaired) electrons. The van der Waals surface area contributed by atoms with E-state index in [9.17, 15) is 18.0 Å². The van der Waals surface area contributed by atoms with Gasteiger partial charge in [-0.25, -0.2) is 0 Å². The highest BCUT2D eigenvalue weighted by Gasteiger charge is 2.35. The molecule has 106 valence electrons. The lowest BCUT2D eigenvalue weighted by Gasteiger charge is -1.99. The second-order valence-corrected chi connectivity index (χ2v) is 5.06. The van der Waals surface area contributed by atoms with Crippen molar-refractivity contribution in [3.63, 3.8) is 0 Å². The number of benzene rings is 1. The van der Waals surface area contributed by atoms with Crippen LogP contribution in [0.1, 0.15) is 16.2 Å². The zero-order valence-corrected chi connectivity index (χ0v) is 11.3. The Morgan fingerprint density at radius 2 is 1.95 bits per heavy atom. The fourth-order valence-electron chi connectivity index (χ4n) is 1.29. The van der Waals surface area contributed by atoms with E-state index < -0.39 is 12.0 Å². The van der Waals surface area contributed by atoms with E-state index in [4.69, 9.17) is 11.6 Å².